The monoisotopic (exact) mass is 298 g/mol. The lowest BCUT2D eigenvalue weighted by atomic mass is 10.4. The number of halogens is 2. The van der Waals surface area contributed by atoms with E-state index in [9.17, 15) is 0 Å². The van der Waals surface area contributed by atoms with Gasteiger partial charge < -0.3 is 11.5 Å². The molecule has 0 aliphatic rings. The van der Waals surface area contributed by atoms with Crippen LogP contribution in [0.1, 0.15) is 0 Å². The van der Waals surface area contributed by atoms with Crippen molar-refractivity contribution in [2.24, 2.45) is 11.5 Å². The SMILES string of the molecule is C=CCN(CC=C)CCN(CCN)CCN.Cl.Cl. The third-order valence-electron chi connectivity index (χ3n) is 2.40. The predicted octanol–water partition coefficient (Wildman–Crippen LogP) is 0.723. The van der Waals surface area contributed by atoms with Gasteiger partial charge in [-0.3, -0.25) is 9.80 Å². The van der Waals surface area contributed by atoms with Crippen LogP contribution in [-0.2, 0) is 0 Å². The molecule has 0 amide bonds. The largest absolute Gasteiger partial charge is 0.329 e. The van der Waals surface area contributed by atoms with Crippen molar-refractivity contribution in [3.63, 3.8) is 0 Å². The molecule has 6 heteroatoms. The third kappa shape index (κ3) is 12.4. The molecule has 0 bridgehead atoms. The number of nitrogens with two attached hydrogens (primary N) is 2. The molecule has 0 atom stereocenters. The van der Waals surface area contributed by atoms with E-state index >= 15 is 0 Å². The van der Waals surface area contributed by atoms with Crippen molar-refractivity contribution in [2.75, 3.05) is 52.4 Å². The Bertz CT molecular complexity index is 175. The van der Waals surface area contributed by atoms with Gasteiger partial charge in [0.15, 0.2) is 0 Å². The molecule has 4 N–H and O–H groups in total. The number of hydrogen-bond acceptors (Lipinski definition) is 4. The molecule has 0 unspecified atom stereocenters. The zero-order chi connectivity index (χ0) is 12.2. The summed E-state index contributed by atoms with van der Waals surface area (Å²) in [6.07, 6.45) is 3.83. The van der Waals surface area contributed by atoms with Gasteiger partial charge in [0, 0.05) is 52.4 Å². The molecule has 18 heavy (non-hydrogen) atoms. The Morgan fingerprint density at radius 2 is 1.11 bits per heavy atom. The molecule has 0 aromatic rings. The lowest BCUT2D eigenvalue weighted by molar-refractivity contribution is 0.232. The van der Waals surface area contributed by atoms with Crippen molar-refractivity contribution in [2.45, 2.75) is 0 Å². The van der Waals surface area contributed by atoms with Gasteiger partial charge in [-0.2, -0.15) is 0 Å². The summed E-state index contributed by atoms with van der Waals surface area (Å²) in [5.41, 5.74) is 11.1. The molecule has 0 aromatic heterocycles. The van der Waals surface area contributed by atoms with E-state index in [1.165, 1.54) is 0 Å². The summed E-state index contributed by atoms with van der Waals surface area (Å²) < 4.78 is 0. The summed E-state index contributed by atoms with van der Waals surface area (Å²) in [5.74, 6) is 0. The van der Waals surface area contributed by atoms with Gasteiger partial charge in [-0.15, -0.1) is 38.0 Å². The Morgan fingerprint density at radius 1 is 0.722 bits per heavy atom. The van der Waals surface area contributed by atoms with Crippen molar-refractivity contribution in [3.8, 4) is 0 Å². The zero-order valence-electron chi connectivity index (χ0n) is 11.1. The van der Waals surface area contributed by atoms with E-state index in [1.807, 2.05) is 12.2 Å². The second-order valence-electron chi connectivity index (χ2n) is 3.76. The van der Waals surface area contributed by atoms with Crippen molar-refractivity contribution in [1.29, 1.82) is 0 Å². The molecule has 0 heterocycles. The number of nitrogens with zero attached hydrogens (tertiary/aromatic N) is 2. The Labute approximate surface area is 124 Å². The molecule has 0 aliphatic carbocycles. The normalized spacial score (nSPS) is 9.78. The van der Waals surface area contributed by atoms with Crippen LogP contribution in [0.5, 0.6) is 0 Å². The fourth-order valence-electron chi connectivity index (χ4n) is 1.61. The van der Waals surface area contributed by atoms with Crippen LogP contribution in [0.3, 0.4) is 0 Å². The van der Waals surface area contributed by atoms with Gasteiger partial charge in [-0.25, -0.2) is 0 Å². The molecule has 0 radical (unpaired) electrons. The Morgan fingerprint density at radius 3 is 1.44 bits per heavy atom. The fraction of sp³-hybridized carbons (Fsp3) is 0.667. The van der Waals surface area contributed by atoms with Gasteiger partial charge >= 0.3 is 0 Å². The van der Waals surface area contributed by atoms with Gasteiger partial charge in [0.2, 0.25) is 0 Å². The van der Waals surface area contributed by atoms with Crippen LogP contribution in [-0.4, -0.2) is 62.2 Å². The van der Waals surface area contributed by atoms with Crippen LogP contribution < -0.4 is 11.5 Å². The lowest BCUT2D eigenvalue weighted by Crippen LogP contribution is -2.40. The van der Waals surface area contributed by atoms with E-state index in [1.54, 1.807) is 0 Å². The number of rotatable bonds is 11. The maximum atomic E-state index is 5.55. The first-order chi connectivity index (χ1) is 7.78. The maximum Gasteiger partial charge on any atom is 0.0164 e. The van der Waals surface area contributed by atoms with Crippen molar-refractivity contribution in [3.05, 3.63) is 25.3 Å². The van der Waals surface area contributed by atoms with E-state index < -0.39 is 0 Å². The van der Waals surface area contributed by atoms with E-state index in [2.05, 4.69) is 23.0 Å². The molecule has 0 aromatic carbocycles. The minimum Gasteiger partial charge on any atom is -0.329 e. The molecule has 110 valence electrons. The lowest BCUT2D eigenvalue weighted by Gasteiger charge is -2.25. The summed E-state index contributed by atoms with van der Waals surface area (Å²) in [7, 11) is 0. The Kier molecular flexibility index (Phi) is 21.6. The highest BCUT2D eigenvalue weighted by atomic mass is 35.5. The highest BCUT2D eigenvalue weighted by Crippen LogP contribution is 1.92. The van der Waals surface area contributed by atoms with Crippen molar-refractivity contribution in [1.82, 2.24) is 9.80 Å². The van der Waals surface area contributed by atoms with Gasteiger partial charge in [-0.05, 0) is 0 Å². The number of hydrogen-bond donors (Lipinski definition) is 2. The molecule has 4 nitrogen and oxygen atoms in total. The van der Waals surface area contributed by atoms with Crippen LogP contribution in [0.4, 0.5) is 0 Å². The van der Waals surface area contributed by atoms with E-state index in [0.29, 0.717) is 13.1 Å². The molecule has 0 saturated carbocycles. The molecular formula is C12H28Cl2N4. The average molecular weight is 299 g/mol. The van der Waals surface area contributed by atoms with Crippen LogP contribution in [0.2, 0.25) is 0 Å². The van der Waals surface area contributed by atoms with Gasteiger partial charge in [-0.1, -0.05) is 12.2 Å². The molecular weight excluding hydrogens is 271 g/mol. The van der Waals surface area contributed by atoms with Crippen LogP contribution in [0.15, 0.2) is 25.3 Å². The second-order valence-corrected chi connectivity index (χ2v) is 3.76. The standard InChI is InChI=1S/C12H26N4.2ClH/c1-3-7-15(8-4-2)11-12-16(9-5-13)10-6-14;;/h3-4H,1-2,5-14H2;2*1H. The van der Waals surface area contributed by atoms with Gasteiger partial charge in [0.05, 0.1) is 0 Å². The van der Waals surface area contributed by atoms with Gasteiger partial charge in [0.1, 0.15) is 0 Å². The Hall–Kier alpha value is -0.100. The molecule has 0 aliphatic heterocycles. The first kappa shape index (κ1) is 23.0. The minimum absolute atomic E-state index is 0. The van der Waals surface area contributed by atoms with E-state index in [0.717, 1.165) is 39.3 Å². The van der Waals surface area contributed by atoms with Crippen molar-refractivity contribution >= 4 is 24.8 Å². The van der Waals surface area contributed by atoms with Crippen molar-refractivity contribution < 1.29 is 0 Å². The average Bonchev–Trinajstić information content (AvgIpc) is 2.27. The smallest absolute Gasteiger partial charge is 0.0164 e. The summed E-state index contributed by atoms with van der Waals surface area (Å²) in [6, 6.07) is 0. The topological polar surface area (TPSA) is 58.5 Å². The van der Waals surface area contributed by atoms with Crippen LogP contribution in [0, 0.1) is 0 Å². The molecule has 0 spiro atoms. The molecule has 0 fully saturated rings. The fourth-order valence-corrected chi connectivity index (χ4v) is 1.61. The van der Waals surface area contributed by atoms with Crippen LogP contribution >= 0.6 is 24.8 Å². The van der Waals surface area contributed by atoms with E-state index in [-0.39, 0.29) is 24.8 Å². The van der Waals surface area contributed by atoms with Crippen LogP contribution in [0.25, 0.3) is 0 Å². The predicted molar refractivity (Wildman–Crippen MR) is 85.9 cm³/mol. The quantitative estimate of drug-likeness (QED) is 0.552. The zero-order valence-corrected chi connectivity index (χ0v) is 12.7. The first-order valence-corrected chi connectivity index (χ1v) is 5.85. The maximum absolute atomic E-state index is 5.55. The van der Waals surface area contributed by atoms with Gasteiger partial charge in [0.25, 0.3) is 0 Å². The minimum atomic E-state index is 0. The highest BCUT2D eigenvalue weighted by Gasteiger charge is 2.05. The first-order valence-electron chi connectivity index (χ1n) is 5.85. The Balaban J connectivity index is -0.00000112. The molecule has 0 saturated heterocycles. The molecule has 0 rings (SSSR count). The summed E-state index contributed by atoms with van der Waals surface area (Å²) >= 11 is 0. The third-order valence-corrected chi connectivity index (χ3v) is 2.40. The summed E-state index contributed by atoms with van der Waals surface area (Å²) in [5, 5.41) is 0. The van der Waals surface area contributed by atoms with E-state index in [4.69, 9.17) is 11.5 Å². The summed E-state index contributed by atoms with van der Waals surface area (Å²) in [6.45, 7) is 14.5. The highest BCUT2D eigenvalue weighted by molar-refractivity contribution is 5.85. The summed E-state index contributed by atoms with van der Waals surface area (Å²) in [4.78, 5) is 4.58. The second kappa shape index (κ2) is 16.9.